The summed E-state index contributed by atoms with van der Waals surface area (Å²) in [7, 11) is 1.87. The van der Waals surface area contributed by atoms with Crippen molar-refractivity contribution >= 4 is 17.6 Å². The lowest BCUT2D eigenvalue weighted by atomic mass is 10.2. The Morgan fingerprint density at radius 2 is 2.25 bits per heavy atom. The van der Waals surface area contributed by atoms with Crippen LogP contribution in [0.4, 0.5) is 5.82 Å². The van der Waals surface area contributed by atoms with Crippen LogP contribution in [0.25, 0.3) is 11.5 Å². The second kappa shape index (κ2) is 3.48. The fraction of sp³-hybridized carbons (Fsp3) is 0.300. The highest BCUT2D eigenvalue weighted by Gasteiger charge is 2.19. The summed E-state index contributed by atoms with van der Waals surface area (Å²) in [5.74, 6) is 3.12. The monoisotopic (exact) mass is 233 g/mol. The maximum absolute atomic E-state index is 5.93. The predicted octanol–water partition coefficient (Wildman–Crippen LogP) is 1.21. The van der Waals surface area contributed by atoms with Crippen molar-refractivity contribution in [3.8, 4) is 11.5 Å². The summed E-state index contributed by atoms with van der Waals surface area (Å²) in [6, 6.07) is 1.89. The van der Waals surface area contributed by atoms with E-state index in [1.807, 2.05) is 24.9 Å². The molecule has 0 unspecified atom stereocenters. The van der Waals surface area contributed by atoms with Crippen LogP contribution in [0.15, 0.2) is 12.3 Å². The first-order valence-electron chi connectivity index (χ1n) is 4.97. The van der Waals surface area contributed by atoms with Crippen molar-refractivity contribution in [2.45, 2.75) is 11.5 Å². The van der Waals surface area contributed by atoms with Crippen LogP contribution in [0.5, 0.6) is 0 Å². The van der Waals surface area contributed by atoms with E-state index in [1.165, 1.54) is 0 Å². The summed E-state index contributed by atoms with van der Waals surface area (Å²) in [5, 5.41) is 4.11. The minimum absolute atomic E-state index is 0.603. The molecule has 1 aliphatic heterocycles. The molecule has 0 atom stereocenters. The molecule has 1 aliphatic rings. The van der Waals surface area contributed by atoms with Crippen LogP contribution in [-0.4, -0.2) is 19.7 Å². The number of aryl methyl sites for hydroxylation is 1. The molecule has 5 nitrogen and oxygen atoms in total. The Bertz CT molecular complexity index is 548. The molecule has 2 aromatic heterocycles. The third kappa shape index (κ3) is 1.37. The van der Waals surface area contributed by atoms with Gasteiger partial charge in [-0.1, -0.05) is 0 Å². The lowest BCUT2D eigenvalue weighted by molar-refractivity contribution is 0.769. The van der Waals surface area contributed by atoms with Crippen LogP contribution in [-0.2, 0) is 18.6 Å². The van der Waals surface area contributed by atoms with Crippen LogP contribution in [0, 0.1) is 0 Å². The second-order valence-corrected chi connectivity index (χ2v) is 4.68. The average molecular weight is 233 g/mol. The van der Waals surface area contributed by atoms with Gasteiger partial charge in [-0.2, -0.15) is 16.9 Å². The van der Waals surface area contributed by atoms with Crippen LogP contribution in [0.2, 0.25) is 0 Å². The highest BCUT2D eigenvalue weighted by atomic mass is 32.2. The van der Waals surface area contributed by atoms with E-state index in [-0.39, 0.29) is 0 Å². The molecule has 2 aromatic rings. The van der Waals surface area contributed by atoms with Gasteiger partial charge in [-0.3, -0.25) is 4.68 Å². The number of thioether (sulfide) groups is 1. The van der Waals surface area contributed by atoms with Gasteiger partial charge in [0.15, 0.2) is 5.82 Å². The van der Waals surface area contributed by atoms with E-state index in [9.17, 15) is 0 Å². The molecule has 0 bridgehead atoms. The maximum atomic E-state index is 5.93. The average Bonchev–Trinajstić information content (AvgIpc) is 2.85. The largest absolute Gasteiger partial charge is 0.383 e. The number of hydrogen-bond acceptors (Lipinski definition) is 5. The van der Waals surface area contributed by atoms with E-state index < -0.39 is 0 Å². The number of hydrogen-bond donors (Lipinski definition) is 1. The standard InChI is InChI=1S/C10H11N5S/c1-15-8(2-3-12-15)10-13-7-5-16-4-6(7)9(11)14-10/h2-3H,4-5H2,1H3,(H2,11,13,14). The van der Waals surface area contributed by atoms with Crippen LogP contribution < -0.4 is 5.73 Å². The lowest BCUT2D eigenvalue weighted by Crippen LogP contribution is -2.05. The third-order valence-electron chi connectivity index (χ3n) is 2.66. The van der Waals surface area contributed by atoms with Gasteiger partial charge < -0.3 is 5.73 Å². The minimum atomic E-state index is 0.603. The summed E-state index contributed by atoms with van der Waals surface area (Å²) >= 11 is 1.82. The van der Waals surface area contributed by atoms with Gasteiger partial charge in [-0.25, -0.2) is 9.97 Å². The van der Waals surface area contributed by atoms with E-state index in [0.29, 0.717) is 11.6 Å². The van der Waals surface area contributed by atoms with E-state index in [1.54, 1.807) is 10.9 Å². The van der Waals surface area contributed by atoms with Crippen molar-refractivity contribution in [2.24, 2.45) is 7.05 Å². The number of nitrogens with two attached hydrogens (primary N) is 1. The zero-order valence-corrected chi connectivity index (χ0v) is 9.66. The molecule has 0 amide bonds. The Hall–Kier alpha value is -1.56. The number of anilines is 1. The van der Waals surface area contributed by atoms with Crippen molar-refractivity contribution in [3.63, 3.8) is 0 Å². The molecular formula is C10H11N5S. The zero-order valence-electron chi connectivity index (χ0n) is 8.84. The number of rotatable bonds is 1. The molecule has 0 aliphatic carbocycles. The van der Waals surface area contributed by atoms with Gasteiger partial charge in [0.2, 0.25) is 0 Å². The molecule has 0 aromatic carbocycles. The van der Waals surface area contributed by atoms with Crippen molar-refractivity contribution < 1.29 is 0 Å². The van der Waals surface area contributed by atoms with Gasteiger partial charge in [-0.15, -0.1) is 0 Å². The molecule has 16 heavy (non-hydrogen) atoms. The van der Waals surface area contributed by atoms with Crippen LogP contribution in [0.3, 0.4) is 0 Å². The van der Waals surface area contributed by atoms with E-state index in [0.717, 1.165) is 28.5 Å². The Morgan fingerprint density at radius 3 is 3.00 bits per heavy atom. The molecule has 0 radical (unpaired) electrons. The molecule has 0 saturated carbocycles. The molecule has 82 valence electrons. The van der Waals surface area contributed by atoms with Crippen LogP contribution >= 0.6 is 11.8 Å². The highest BCUT2D eigenvalue weighted by Crippen LogP contribution is 2.32. The fourth-order valence-electron chi connectivity index (χ4n) is 1.78. The molecule has 6 heteroatoms. The number of nitrogens with zero attached hydrogens (tertiary/aromatic N) is 4. The first kappa shape index (κ1) is 9.65. The van der Waals surface area contributed by atoms with Crippen molar-refractivity contribution in [3.05, 3.63) is 23.5 Å². The van der Waals surface area contributed by atoms with Gasteiger partial charge in [-0.05, 0) is 6.07 Å². The summed E-state index contributed by atoms with van der Waals surface area (Å²) in [4.78, 5) is 8.89. The SMILES string of the molecule is Cn1nccc1-c1nc(N)c2c(n1)CSC2. The summed E-state index contributed by atoms with van der Waals surface area (Å²) in [6.07, 6.45) is 1.73. The van der Waals surface area contributed by atoms with Crippen molar-refractivity contribution in [1.82, 2.24) is 19.7 Å². The maximum Gasteiger partial charge on any atom is 0.180 e. The van der Waals surface area contributed by atoms with Crippen LogP contribution in [0.1, 0.15) is 11.3 Å². The smallest absolute Gasteiger partial charge is 0.180 e. The Labute approximate surface area is 97.1 Å². The lowest BCUT2D eigenvalue weighted by Gasteiger charge is -2.05. The molecule has 2 N–H and O–H groups in total. The molecule has 3 heterocycles. The number of aromatic nitrogens is 4. The normalized spacial score (nSPS) is 14.1. The zero-order chi connectivity index (χ0) is 11.1. The van der Waals surface area contributed by atoms with Gasteiger partial charge >= 0.3 is 0 Å². The van der Waals surface area contributed by atoms with E-state index in [2.05, 4.69) is 15.1 Å². The Morgan fingerprint density at radius 1 is 1.38 bits per heavy atom. The Kier molecular flexibility index (Phi) is 2.10. The second-order valence-electron chi connectivity index (χ2n) is 3.69. The van der Waals surface area contributed by atoms with Gasteiger partial charge in [0.25, 0.3) is 0 Å². The topological polar surface area (TPSA) is 69.6 Å². The van der Waals surface area contributed by atoms with Crippen molar-refractivity contribution in [1.29, 1.82) is 0 Å². The Balaban J connectivity index is 2.17. The summed E-state index contributed by atoms with van der Waals surface area (Å²) < 4.78 is 1.75. The predicted molar refractivity (Wildman–Crippen MR) is 63.6 cm³/mol. The fourth-order valence-corrected chi connectivity index (χ4v) is 2.84. The molecular weight excluding hydrogens is 222 g/mol. The molecule has 0 fully saturated rings. The molecule has 0 spiro atoms. The number of fused-ring (bicyclic) bond motifs is 1. The quantitative estimate of drug-likeness (QED) is 0.801. The van der Waals surface area contributed by atoms with Gasteiger partial charge in [0.1, 0.15) is 11.5 Å². The summed E-state index contributed by atoms with van der Waals surface area (Å²) in [5.41, 5.74) is 8.99. The van der Waals surface area contributed by atoms with E-state index in [4.69, 9.17) is 5.73 Å². The highest BCUT2D eigenvalue weighted by molar-refractivity contribution is 7.98. The first-order chi connectivity index (χ1) is 7.75. The number of nitrogen functional groups attached to an aromatic ring is 1. The first-order valence-corrected chi connectivity index (χ1v) is 6.12. The van der Waals surface area contributed by atoms with E-state index >= 15 is 0 Å². The van der Waals surface area contributed by atoms with Gasteiger partial charge in [0.05, 0.1) is 5.69 Å². The molecule has 3 rings (SSSR count). The summed E-state index contributed by atoms with van der Waals surface area (Å²) in [6.45, 7) is 0. The van der Waals surface area contributed by atoms with Gasteiger partial charge in [0, 0.05) is 30.3 Å². The molecule has 0 saturated heterocycles. The van der Waals surface area contributed by atoms with Crippen molar-refractivity contribution in [2.75, 3.05) is 5.73 Å². The third-order valence-corrected chi connectivity index (χ3v) is 3.63. The minimum Gasteiger partial charge on any atom is -0.383 e.